The van der Waals surface area contributed by atoms with E-state index in [0.29, 0.717) is 24.7 Å². The highest BCUT2D eigenvalue weighted by atomic mass is 32.1. The molecule has 1 unspecified atom stereocenters. The van der Waals surface area contributed by atoms with Crippen LogP contribution in [0.1, 0.15) is 68.9 Å². The van der Waals surface area contributed by atoms with Crippen LogP contribution in [0.4, 0.5) is 23.8 Å². The van der Waals surface area contributed by atoms with Crippen LogP contribution in [0.2, 0.25) is 0 Å². The molecule has 5 rings (SSSR count). The van der Waals surface area contributed by atoms with E-state index < -0.39 is 29.7 Å². The highest BCUT2D eigenvalue weighted by Gasteiger charge is 2.40. The molecule has 0 bridgehead atoms. The van der Waals surface area contributed by atoms with Gasteiger partial charge in [0, 0.05) is 30.4 Å². The Morgan fingerprint density at radius 2 is 2.05 bits per heavy atom. The number of aromatic nitrogens is 5. The van der Waals surface area contributed by atoms with Crippen LogP contribution < -0.4 is 15.5 Å². The first-order chi connectivity index (χ1) is 18.4. The van der Waals surface area contributed by atoms with Gasteiger partial charge in [-0.15, -0.1) is 21.5 Å². The number of fused-ring (bicyclic) bond motifs is 2. The summed E-state index contributed by atoms with van der Waals surface area (Å²) >= 11 is 1.58. The molecule has 10 nitrogen and oxygen atoms in total. The van der Waals surface area contributed by atoms with Gasteiger partial charge in [-0.25, -0.2) is 14.8 Å². The van der Waals surface area contributed by atoms with Crippen molar-refractivity contribution in [1.82, 2.24) is 35.4 Å². The molecular weight excluding hydrogens is 533 g/mol. The number of alkyl halides is 3. The van der Waals surface area contributed by atoms with E-state index in [9.17, 15) is 18.0 Å². The minimum atomic E-state index is -4.57. The summed E-state index contributed by atoms with van der Waals surface area (Å²) in [7, 11) is 0. The number of thiophene rings is 1. The van der Waals surface area contributed by atoms with Crippen LogP contribution in [0.25, 0.3) is 10.2 Å². The minimum Gasteiger partial charge on any atom is -0.444 e. The summed E-state index contributed by atoms with van der Waals surface area (Å²) in [4.78, 5) is 26.6. The number of carbonyl (C=O) groups excluding carboxylic acids is 1. The molecular formula is C25H33F3N8O2S. The minimum absolute atomic E-state index is 0.0525. The Morgan fingerprint density at radius 3 is 2.72 bits per heavy atom. The molecule has 0 radical (unpaired) electrons. The van der Waals surface area contributed by atoms with Crippen LogP contribution in [0.15, 0.2) is 6.07 Å². The maximum absolute atomic E-state index is 13.4. The van der Waals surface area contributed by atoms with E-state index in [-0.39, 0.29) is 24.8 Å². The Balaban J connectivity index is 1.54. The van der Waals surface area contributed by atoms with Gasteiger partial charge < -0.3 is 24.8 Å². The first kappa shape index (κ1) is 27.6. The van der Waals surface area contributed by atoms with Crippen LogP contribution in [0.3, 0.4) is 0 Å². The molecule has 39 heavy (non-hydrogen) atoms. The van der Waals surface area contributed by atoms with E-state index in [2.05, 4.69) is 33.8 Å². The van der Waals surface area contributed by atoms with Crippen LogP contribution >= 0.6 is 11.3 Å². The van der Waals surface area contributed by atoms with E-state index >= 15 is 0 Å². The number of alkyl carbamates (subject to hydrolysis) is 1. The number of rotatable bonds is 6. The summed E-state index contributed by atoms with van der Waals surface area (Å²) in [6.07, 6.45) is -2.44. The largest absolute Gasteiger partial charge is 0.451 e. The third-order valence-corrected chi connectivity index (χ3v) is 7.85. The number of nitrogens with zero attached hydrogens (tertiary/aromatic N) is 6. The number of nitrogens with one attached hydrogen (secondary N) is 2. The first-order valence-electron chi connectivity index (χ1n) is 13.2. The van der Waals surface area contributed by atoms with Crippen LogP contribution in [0.5, 0.6) is 0 Å². The van der Waals surface area contributed by atoms with Gasteiger partial charge in [-0.1, -0.05) is 13.3 Å². The number of hydrogen-bond acceptors (Lipinski definition) is 9. The molecule has 1 saturated heterocycles. The van der Waals surface area contributed by atoms with Gasteiger partial charge >= 0.3 is 12.3 Å². The standard InChI is InChI=1S/C25H33F3N8O2S/c1-5-6-15-11-16-20(35-9-10-36-17(13-35)33-34-22(36)25(26,27)28)31-19(32-21(16)39-15)18(14-7-8-29-12-14)30-23(37)38-24(2,3)4/h11,14,18,29H,5-10,12-13H2,1-4H3,(H,30,37)/t14?,18-/m0/s1. The van der Waals surface area contributed by atoms with Gasteiger partial charge in [0.1, 0.15) is 16.2 Å². The van der Waals surface area contributed by atoms with Crippen molar-refractivity contribution in [3.63, 3.8) is 0 Å². The summed E-state index contributed by atoms with van der Waals surface area (Å²) in [5.74, 6) is 0.385. The molecule has 0 aliphatic carbocycles. The molecule has 212 valence electrons. The number of amides is 1. The van der Waals surface area contributed by atoms with Gasteiger partial charge in [0.15, 0.2) is 11.6 Å². The van der Waals surface area contributed by atoms with Crippen molar-refractivity contribution in [2.75, 3.05) is 24.5 Å². The molecule has 2 atom stereocenters. The Morgan fingerprint density at radius 1 is 1.26 bits per heavy atom. The van der Waals surface area contributed by atoms with E-state index in [4.69, 9.17) is 14.7 Å². The van der Waals surface area contributed by atoms with Crippen molar-refractivity contribution >= 4 is 33.5 Å². The van der Waals surface area contributed by atoms with Crippen LogP contribution in [0, 0.1) is 5.92 Å². The Kier molecular flexibility index (Phi) is 7.44. The van der Waals surface area contributed by atoms with Gasteiger partial charge in [-0.05, 0) is 46.2 Å². The zero-order valence-corrected chi connectivity index (χ0v) is 23.2. The van der Waals surface area contributed by atoms with Crippen molar-refractivity contribution in [1.29, 1.82) is 0 Å². The predicted octanol–water partition coefficient (Wildman–Crippen LogP) is 4.45. The summed E-state index contributed by atoms with van der Waals surface area (Å²) in [6, 6.07) is 1.57. The van der Waals surface area contributed by atoms with Crippen molar-refractivity contribution in [2.45, 2.75) is 77.9 Å². The SMILES string of the molecule is CCCc1cc2c(N3CCn4c(nnc4C(F)(F)F)C3)nc([C@@H](NC(=O)OC(C)(C)C)C3CCNC3)nc2s1. The molecule has 2 N–H and O–H groups in total. The number of aryl methyl sites for hydroxylation is 1. The molecule has 14 heteroatoms. The molecule has 3 aromatic heterocycles. The van der Waals surface area contributed by atoms with Crippen molar-refractivity contribution in [2.24, 2.45) is 5.92 Å². The maximum Gasteiger partial charge on any atom is 0.451 e. The van der Waals surface area contributed by atoms with Crippen LogP contribution in [-0.4, -0.2) is 56.1 Å². The lowest BCUT2D eigenvalue weighted by atomic mass is 9.98. The van der Waals surface area contributed by atoms with E-state index in [1.165, 1.54) is 0 Å². The summed E-state index contributed by atoms with van der Waals surface area (Å²) in [5, 5.41) is 14.4. The number of carbonyl (C=O) groups is 1. The second-order valence-corrected chi connectivity index (χ2v) is 12.1. The number of ether oxygens (including phenoxy) is 1. The van der Waals surface area contributed by atoms with Crippen molar-refractivity contribution < 1.29 is 22.7 Å². The number of halogens is 3. The molecule has 0 saturated carbocycles. The fourth-order valence-electron chi connectivity index (χ4n) is 5.06. The smallest absolute Gasteiger partial charge is 0.444 e. The monoisotopic (exact) mass is 566 g/mol. The molecule has 2 aliphatic rings. The van der Waals surface area contributed by atoms with Gasteiger partial charge in [-0.3, -0.25) is 0 Å². The number of hydrogen-bond donors (Lipinski definition) is 2. The van der Waals surface area contributed by atoms with Gasteiger partial charge in [-0.2, -0.15) is 13.2 Å². The van der Waals surface area contributed by atoms with E-state index in [1.807, 2.05) is 4.90 Å². The molecule has 1 fully saturated rings. The lowest BCUT2D eigenvalue weighted by molar-refractivity contribution is -0.147. The molecule has 3 aromatic rings. The predicted molar refractivity (Wildman–Crippen MR) is 141 cm³/mol. The second kappa shape index (κ2) is 10.5. The molecule has 0 aromatic carbocycles. The van der Waals surface area contributed by atoms with Gasteiger partial charge in [0.05, 0.1) is 18.0 Å². The zero-order valence-electron chi connectivity index (χ0n) is 22.4. The quantitative estimate of drug-likeness (QED) is 0.451. The average molecular weight is 567 g/mol. The molecule has 5 heterocycles. The van der Waals surface area contributed by atoms with E-state index in [0.717, 1.165) is 45.5 Å². The summed E-state index contributed by atoms with van der Waals surface area (Å²) in [6.45, 7) is 9.53. The molecule has 0 spiro atoms. The van der Waals surface area contributed by atoms with Gasteiger partial charge in [0.25, 0.3) is 0 Å². The average Bonchev–Trinajstić information content (AvgIpc) is 3.59. The van der Waals surface area contributed by atoms with Crippen LogP contribution in [-0.2, 0) is 30.4 Å². The Labute approximate surface area is 228 Å². The number of anilines is 1. The van der Waals surface area contributed by atoms with Crippen molar-refractivity contribution in [3.8, 4) is 0 Å². The first-order valence-corrected chi connectivity index (χ1v) is 14.0. The van der Waals surface area contributed by atoms with Gasteiger partial charge in [0.2, 0.25) is 5.82 Å². The maximum atomic E-state index is 13.4. The fraction of sp³-hybridized carbons (Fsp3) is 0.640. The highest BCUT2D eigenvalue weighted by molar-refractivity contribution is 7.18. The highest BCUT2D eigenvalue weighted by Crippen LogP contribution is 2.37. The third kappa shape index (κ3) is 5.96. The molecule has 1 amide bonds. The Hall–Kier alpha value is -3.00. The summed E-state index contributed by atoms with van der Waals surface area (Å²) < 4.78 is 46.9. The zero-order chi connectivity index (χ0) is 27.9. The normalized spacial score (nSPS) is 18.8. The second-order valence-electron chi connectivity index (χ2n) is 11.0. The fourth-order valence-corrected chi connectivity index (χ4v) is 6.19. The lowest BCUT2D eigenvalue weighted by Gasteiger charge is -2.31. The lowest BCUT2D eigenvalue weighted by Crippen LogP contribution is -2.40. The van der Waals surface area contributed by atoms with Crippen molar-refractivity contribution in [3.05, 3.63) is 28.4 Å². The molecule has 2 aliphatic heterocycles. The summed E-state index contributed by atoms with van der Waals surface area (Å²) in [5.41, 5.74) is -0.666. The third-order valence-electron chi connectivity index (χ3n) is 6.76. The topological polar surface area (TPSA) is 110 Å². The van der Waals surface area contributed by atoms with E-state index in [1.54, 1.807) is 32.1 Å². The Bertz CT molecular complexity index is 1340.